The third-order valence-electron chi connectivity index (χ3n) is 5.50. The zero-order chi connectivity index (χ0) is 21.8. The Balaban J connectivity index is 1.82. The minimum atomic E-state index is -0.526. The van der Waals surface area contributed by atoms with Crippen molar-refractivity contribution in [1.82, 2.24) is 10.3 Å². The van der Waals surface area contributed by atoms with Crippen molar-refractivity contribution in [3.8, 4) is 34.2 Å². The van der Waals surface area contributed by atoms with E-state index in [2.05, 4.69) is 22.4 Å². The second kappa shape index (κ2) is 9.25. The quantitative estimate of drug-likeness (QED) is 0.671. The normalized spacial score (nSPS) is 16.0. The van der Waals surface area contributed by atoms with Gasteiger partial charge < -0.3 is 14.8 Å². The Labute approximate surface area is 181 Å². The number of pyridine rings is 1. The van der Waals surface area contributed by atoms with Crippen molar-refractivity contribution >= 4 is 0 Å². The van der Waals surface area contributed by atoms with Crippen molar-refractivity contribution in [1.29, 1.82) is 5.26 Å². The number of methoxy groups -OCH3 is 1. The van der Waals surface area contributed by atoms with Crippen LogP contribution in [0, 0.1) is 24.1 Å². The van der Waals surface area contributed by atoms with E-state index < -0.39 is 5.82 Å². The largest absolute Gasteiger partial charge is 0.481 e. The van der Waals surface area contributed by atoms with Crippen LogP contribution in [0.3, 0.4) is 0 Å². The zero-order valence-corrected chi connectivity index (χ0v) is 17.6. The lowest BCUT2D eigenvalue weighted by molar-refractivity contribution is 0.0292. The number of benzene rings is 2. The summed E-state index contributed by atoms with van der Waals surface area (Å²) in [5, 5.41) is 12.5. The number of aromatic nitrogens is 1. The molecule has 6 heteroatoms. The Hall–Kier alpha value is -3.27. The van der Waals surface area contributed by atoms with E-state index in [4.69, 9.17) is 14.7 Å². The Morgan fingerprint density at radius 1 is 1.23 bits per heavy atom. The fourth-order valence-electron chi connectivity index (χ4n) is 4.03. The molecule has 1 atom stereocenters. The van der Waals surface area contributed by atoms with E-state index in [1.807, 2.05) is 25.1 Å². The highest BCUT2D eigenvalue weighted by Gasteiger charge is 2.18. The van der Waals surface area contributed by atoms with Gasteiger partial charge in [0.05, 0.1) is 25.4 Å². The van der Waals surface area contributed by atoms with Crippen LogP contribution in [0.15, 0.2) is 48.7 Å². The molecular weight excluding hydrogens is 393 g/mol. The van der Waals surface area contributed by atoms with Gasteiger partial charge >= 0.3 is 0 Å². The Morgan fingerprint density at radius 2 is 2.06 bits per heavy atom. The molecule has 1 aliphatic rings. The highest BCUT2D eigenvalue weighted by molar-refractivity contribution is 5.86. The van der Waals surface area contributed by atoms with Crippen LogP contribution in [-0.2, 0) is 11.2 Å². The van der Waals surface area contributed by atoms with Crippen LogP contribution < -0.4 is 10.1 Å². The first-order valence-electron chi connectivity index (χ1n) is 10.3. The van der Waals surface area contributed by atoms with E-state index in [0.29, 0.717) is 12.5 Å². The van der Waals surface area contributed by atoms with E-state index in [-0.39, 0.29) is 11.7 Å². The molecule has 1 unspecified atom stereocenters. The summed E-state index contributed by atoms with van der Waals surface area (Å²) in [7, 11) is 1.58. The number of nitrogens with zero attached hydrogens (tertiary/aromatic N) is 2. The molecule has 1 saturated heterocycles. The minimum absolute atomic E-state index is 0.0333. The lowest BCUT2D eigenvalue weighted by atomic mass is 9.88. The van der Waals surface area contributed by atoms with Crippen molar-refractivity contribution in [2.24, 2.45) is 0 Å². The maximum Gasteiger partial charge on any atom is 0.212 e. The molecule has 0 aliphatic carbocycles. The summed E-state index contributed by atoms with van der Waals surface area (Å²) in [6, 6.07) is 14.6. The van der Waals surface area contributed by atoms with Crippen LogP contribution in [0.25, 0.3) is 22.3 Å². The lowest BCUT2D eigenvalue weighted by Crippen LogP contribution is -2.39. The van der Waals surface area contributed by atoms with Crippen molar-refractivity contribution < 1.29 is 13.9 Å². The third kappa shape index (κ3) is 4.58. The second-order valence-electron chi connectivity index (χ2n) is 7.63. The van der Waals surface area contributed by atoms with Gasteiger partial charge in [-0.15, -0.1) is 0 Å². The molecule has 5 nitrogen and oxygen atoms in total. The maximum absolute atomic E-state index is 14.5. The van der Waals surface area contributed by atoms with E-state index >= 15 is 0 Å². The molecule has 0 spiro atoms. The number of aryl methyl sites for hydroxylation is 1. The predicted molar refractivity (Wildman–Crippen MR) is 117 cm³/mol. The number of morpholine rings is 1. The van der Waals surface area contributed by atoms with Gasteiger partial charge in [-0.1, -0.05) is 18.2 Å². The summed E-state index contributed by atoms with van der Waals surface area (Å²) >= 11 is 0. The van der Waals surface area contributed by atoms with Crippen LogP contribution in [0.1, 0.15) is 16.7 Å². The van der Waals surface area contributed by atoms with Crippen LogP contribution in [0.5, 0.6) is 5.88 Å². The monoisotopic (exact) mass is 417 g/mol. The van der Waals surface area contributed by atoms with Gasteiger partial charge in [-0.25, -0.2) is 9.37 Å². The summed E-state index contributed by atoms with van der Waals surface area (Å²) < 4.78 is 25.5. The summed E-state index contributed by atoms with van der Waals surface area (Å²) in [6.07, 6.45) is 2.63. The van der Waals surface area contributed by atoms with Crippen molar-refractivity contribution in [3.63, 3.8) is 0 Å². The van der Waals surface area contributed by atoms with Gasteiger partial charge in [-0.3, -0.25) is 0 Å². The summed E-state index contributed by atoms with van der Waals surface area (Å²) in [6.45, 7) is 4.43. The van der Waals surface area contributed by atoms with Crippen molar-refractivity contribution in [2.75, 3.05) is 26.8 Å². The molecule has 1 N–H and O–H groups in total. The standard InChI is InChI=1S/C25H24FN3O2/c1-16-9-17(10-21-15-28-7-8-31-21)11-22(18-3-4-19(13-27)23(26)12-18)25(16)20-5-6-24(30-2)29-14-20/h3-6,9,11-12,14,21,28H,7-8,10,15H2,1-2H3. The Bertz CT molecular complexity index is 1120. The fourth-order valence-corrected chi connectivity index (χ4v) is 4.03. The van der Waals surface area contributed by atoms with Gasteiger partial charge in [0, 0.05) is 30.9 Å². The van der Waals surface area contributed by atoms with E-state index in [1.165, 1.54) is 12.1 Å². The van der Waals surface area contributed by atoms with Crippen LogP contribution in [0.2, 0.25) is 0 Å². The zero-order valence-electron chi connectivity index (χ0n) is 17.6. The minimum Gasteiger partial charge on any atom is -0.481 e. The number of nitrogens with one attached hydrogen (secondary N) is 1. The first-order valence-corrected chi connectivity index (χ1v) is 10.3. The Kier molecular flexibility index (Phi) is 6.26. The molecule has 0 saturated carbocycles. The number of nitriles is 1. The van der Waals surface area contributed by atoms with E-state index in [9.17, 15) is 4.39 Å². The summed E-state index contributed by atoms with van der Waals surface area (Å²) in [4.78, 5) is 4.34. The molecule has 0 radical (unpaired) electrons. The number of hydrogen-bond donors (Lipinski definition) is 1. The molecule has 31 heavy (non-hydrogen) atoms. The van der Waals surface area contributed by atoms with Crippen molar-refractivity contribution in [2.45, 2.75) is 19.4 Å². The van der Waals surface area contributed by atoms with Crippen molar-refractivity contribution in [3.05, 3.63) is 71.2 Å². The molecule has 1 aliphatic heterocycles. The molecule has 1 aromatic heterocycles. The summed E-state index contributed by atoms with van der Waals surface area (Å²) in [5.41, 5.74) is 5.73. The molecule has 4 rings (SSSR count). The Morgan fingerprint density at radius 3 is 2.71 bits per heavy atom. The summed E-state index contributed by atoms with van der Waals surface area (Å²) in [5.74, 6) is 0.00705. The third-order valence-corrected chi connectivity index (χ3v) is 5.50. The van der Waals surface area contributed by atoms with Crippen LogP contribution in [0.4, 0.5) is 4.39 Å². The SMILES string of the molecule is COc1ccc(-c2c(C)cc(CC3CNCCO3)cc2-c2ccc(C#N)c(F)c2)cn1. The van der Waals surface area contributed by atoms with Gasteiger partial charge in [0.25, 0.3) is 0 Å². The van der Waals surface area contributed by atoms with Crippen LogP contribution >= 0.6 is 0 Å². The molecule has 2 aromatic carbocycles. The average molecular weight is 417 g/mol. The number of ether oxygens (including phenoxy) is 2. The molecule has 0 amide bonds. The van der Waals surface area contributed by atoms with Gasteiger partial charge in [-0.2, -0.15) is 5.26 Å². The highest BCUT2D eigenvalue weighted by Crippen LogP contribution is 2.37. The average Bonchev–Trinajstić information content (AvgIpc) is 2.79. The second-order valence-corrected chi connectivity index (χ2v) is 7.63. The van der Waals surface area contributed by atoms with Gasteiger partial charge in [-0.05, 0) is 59.4 Å². The molecule has 3 aromatic rings. The molecule has 1 fully saturated rings. The molecule has 2 heterocycles. The molecule has 0 bridgehead atoms. The smallest absolute Gasteiger partial charge is 0.212 e. The topological polar surface area (TPSA) is 67.2 Å². The van der Waals surface area contributed by atoms with Gasteiger partial charge in [0.2, 0.25) is 5.88 Å². The fraction of sp³-hybridized carbons (Fsp3) is 0.280. The van der Waals surface area contributed by atoms with Crippen LogP contribution in [-0.4, -0.2) is 37.9 Å². The van der Waals surface area contributed by atoms with E-state index in [1.54, 1.807) is 19.4 Å². The van der Waals surface area contributed by atoms with Gasteiger partial charge in [0.15, 0.2) is 0 Å². The molecule has 158 valence electrons. The molecular formula is C25H24FN3O2. The maximum atomic E-state index is 14.5. The lowest BCUT2D eigenvalue weighted by Gasteiger charge is -2.24. The first kappa shape index (κ1) is 21.0. The number of hydrogen-bond acceptors (Lipinski definition) is 5. The highest BCUT2D eigenvalue weighted by atomic mass is 19.1. The van der Waals surface area contributed by atoms with Gasteiger partial charge in [0.1, 0.15) is 11.9 Å². The van der Waals surface area contributed by atoms with E-state index in [0.717, 1.165) is 52.9 Å². The number of rotatable bonds is 5. The number of halogens is 1. The predicted octanol–water partition coefficient (Wildman–Crippen LogP) is 4.27. The first-order chi connectivity index (χ1) is 15.1.